The quantitative estimate of drug-likeness (QED) is 0.0287. The molecule has 11 aliphatic rings. The number of carbonyl (C=O) groups excluding carboxylic acids is 3. The molecule has 0 bridgehead atoms. The number of nitrogens with one attached hydrogen (secondary N) is 2. The molecule has 11 fully saturated rings. The van der Waals surface area contributed by atoms with E-state index in [4.69, 9.17) is 118 Å². The predicted molar refractivity (Wildman–Crippen MR) is 403 cm³/mol. The van der Waals surface area contributed by atoms with Crippen LogP contribution in [0.2, 0.25) is 0 Å². The van der Waals surface area contributed by atoms with Crippen LogP contribution in [0.1, 0.15) is 76.2 Å². The molecule has 51 nitrogen and oxygen atoms in total. The van der Waals surface area contributed by atoms with Gasteiger partial charge in [-0.05, 0) is 62.3 Å². The first-order chi connectivity index (χ1) is 60.0. The van der Waals surface area contributed by atoms with Crippen LogP contribution in [0.5, 0.6) is 0 Å². The maximum atomic E-state index is 13.0. The molecule has 11 rings (SSSR count). The molecule has 0 aromatic heterocycles. The average molecular weight is 1850 g/mol. The first-order valence-electron chi connectivity index (χ1n) is 42.0. The van der Waals surface area contributed by atoms with Gasteiger partial charge in [0.1, 0.15) is 220 Å². The van der Waals surface area contributed by atoms with Crippen LogP contribution in [0.4, 0.5) is 0 Å². The van der Waals surface area contributed by atoms with Crippen molar-refractivity contribution >= 4 is 18.1 Å². The fourth-order valence-corrected chi connectivity index (χ4v) is 17.3. The van der Waals surface area contributed by atoms with E-state index in [0.717, 1.165) is 21.0 Å². The second-order valence-electron chi connectivity index (χ2n) is 33.7. The molecule has 11 aliphatic heterocycles. The number of aliphatic hydroxyl groups excluding tert-OH is 21. The molecule has 0 spiro atoms. The van der Waals surface area contributed by atoms with Gasteiger partial charge in [-0.2, -0.15) is 0 Å². The Morgan fingerprint density at radius 2 is 0.496 bits per heavy atom. The lowest BCUT2D eigenvalue weighted by molar-refractivity contribution is -0.413. The minimum absolute atomic E-state index is 0.232. The van der Waals surface area contributed by atoms with Crippen molar-refractivity contribution < 1.29 is 240 Å². The Labute approximate surface area is 727 Å². The van der Waals surface area contributed by atoms with E-state index >= 15 is 0 Å². The smallest absolute Gasteiger partial charge is 0.217 e. The highest BCUT2D eigenvalue weighted by Gasteiger charge is 2.63. The fraction of sp³-hybridized carbons (Fsp3) is 0.961. The summed E-state index contributed by atoms with van der Waals surface area (Å²) in [4.78, 5) is 37.1. The summed E-state index contributed by atoms with van der Waals surface area (Å²) in [6, 6.07) is -3.12. The molecule has 51 heteroatoms. The molecule has 1 unspecified atom stereocenters. The molecule has 2 amide bonds. The van der Waals surface area contributed by atoms with Crippen molar-refractivity contribution in [2.45, 2.75) is 420 Å². The van der Waals surface area contributed by atoms with Gasteiger partial charge in [0.25, 0.3) is 0 Å². The second-order valence-corrected chi connectivity index (χ2v) is 33.7. The van der Waals surface area contributed by atoms with Gasteiger partial charge in [0.2, 0.25) is 11.8 Å². The highest BCUT2D eigenvalue weighted by molar-refractivity contribution is 5.73. The summed E-state index contributed by atoms with van der Waals surface area (Å²) in [5.74, 6) is -1.47. The third-order valence-corrected chi connectivity index (χ3v) is 24.8. The molecule has 127 heavy (non-hydrogen) atoms. The summed E-state index contributed by atoms with van der Waals surface area (Å²) >= 11 is 0. The van der Waals surface area contributed by atoms with Gasteiger partial charge in [-0.25, -0.2) is 0 Å². The topological polar surface area (TPSA) is 731 Å². The number of aliphatic hydroxyl groups is 21. The molecule has 11 saturated heterocycles. The summed E-state index contributed by atoms with van der Waals surface area (Å²) in [7, 11) is 3.51. The zero-order chi connectivity index (χ0) is 93.4. The number of carbonyl (C=O) groups is 3. The first-order valence-corrected chi connectivity index (χ1v) is 42.0. The molecule has 11 heterocycles. The summed E-state index contributed by atoms with van der Waals surface area (Å²) in [5, 5.41) is 249. The second kappa shape index (κ2) is 44.7. The SMILES string of the molecule is CO[C@H]1[C@H](O)[C@@H](C)O[C@H](O[C@H]2[C@H](O)[C@@H](C)O[C@H](O[C@@H]3[C@H](O)[C@@H](O[C@@H]4[C@H](O)[C@@H](O[C@@H]5[C@H](O)[C@@H](OC(C=O)CO)O[C@H](C)[C@H]5O)O[C@H](C)[C@H]4O)O[C@H](C)[C@H]3O)[C@H]2O[C@@H]2O[C@H](CO)[C@@H](OC)[C@H](O)[C@H]2NC(C)=O)[C@H]1O[C@H]1O[C@H](C)[C@@H](O)[C@H](O[C@H]2O[C@H](C)[C@@H](O)[C@H](O[C@H]3O[C@H](C)[C@@H](O)[C@H](O[C@H]4O[C@H](C)[C@@H](O)[C@H](O)[C@@H]4O[C@@H]4O[C@H](CO)[C@@H](OC)[C@H](O)[C@H]4NC(C)=O)[C@@H]3O)[C@@H]2O)[C@@H]1O. The molecule has 23 N–H and O–H groups in total. The first kappa shape index (κ1) is 104. The zero-order valence-corrected chi connectivity index (χ0v) is 71.9. The molecule has 0 saturated carbocycles. The summed E-state index contributed by atoms with van der Waals surface area (Å²) in [5.41, 5.74) is 0. The molecule has 736 valence electrons. The van der Waals surface area contributed by atoms with E-state index in [9.17, 15) is 122 Å². The van der Waals surface area contributed by atoms with E-state index in [1.165, 1.54) is 76.5 Å². The van der Waals surface area contributed by atoms with Gasteiger partial charge >= 0.3 is 0 Å². The van der Waals surface area contributed by atoms with Gasteiger partial charge < -0.3 is 241 Å². The Balaban J connectivity index is 0.836. The maximum absolute atomic E-state index is 13.0. The van der Waals surface area contributed by atoms with Gasteiger partial charge in [0.15, 0.2) is 75.5 Å². The van der Waals surface area contributed by atoms with E-state index in [1.807, 2.05) is 0 Å². The van der Waals surface area contributed by atoms with E-state index in [0.29, 0.717) is 0 Å². The third kappa shape index (κ3) is 22.4. The normalized spacial score (nSPS) is 52.2. The standard InChI is InChI=1S/C76H128N2O49/c1-19-35(85)46(96)63(125-66-33(77-28(10)83)44(94)53(103-12)31(17-81)116-66)74(112-19)122-59-40(90)24(6)109-71(51(59)101)119-57-38(88)22(4)108-70(49(57)99)121-58-39(89)23(5)111-73(50(58)100)127-64-61(105-14)42(92)26(8)113-75(64)124-62-43(93)27(9)114-76(65(62)126-67-34(78-29(11)84)45(95)54(104-13)32(18-82)117-67)123-60-41(91)25(7)110-72(52(60)102)120-56-37(87)21(3)107-69(48(56)98)118-55-36(86)20(2)106-68(47(55)97)115-30(15-79)16-80/h15,19-27,30-76,80-82,85-102H,16-18H2,1-14H3,(H,77,83)(H,78,84)/t19-,20-,21-,22-,23-,24-,25-,26-,27-,30?,31-,32-,33-,34-,35-,36-,37-,38-,39-,40-,41-,42-,43-,44-,45-,46+,47+,48+,49+,50+,51+,52+,53-,54-,55+,56+,57+,58+,59+,60+,61+,62+,63+,64+,65+,66+,67+,68-,69-,70-,71-,72-,73-,74-,75-,76-/m1/s1. The van der Waals surface area contributed by atoms with Crippen molar-refractivity contribution in [1.82, 2.24) is 10.6 Å². The van der Waals surface area contributed by atoms with Gasteiger partial charge in [-0.1, -0.05) is 0 Å². The zero-order valence-electron chi connectivity index (χ0n) is 71.9. The molecule has 56 atom stereocenters. The highest BCUT2D eigenvalue weighted by atomic mass is 16.8. The Hall–Kier alpha value is -3.23. The predicted octanol–water partition coefficient (Wildman–Crippen LogP) is -13.9. The minimum Gasteiger partial charge on any atom is -0.394 e. The van der Waals surface area contributed by atoms with Crippen LogP contribution in [0.3, 0.4) is 0 Å². The van der Waals surface area contributed by atoms with Crippen molar-refractivity contribution in [3.8, 4) is 0 Å². The molecular weight excluding hydrogens is 1720 g/mol. The molecule has 0 radical (unpaired) electrons. The number of hydrogen-bond acceptors (Lipinski definition) is 49. The summed E-state index contributed by atoms with van der Waals surface area (Å²) in [6.07, 6.45) is -95.4. The van der Waals surface area contributed by atoms with Crippen molar-refractivity contribution in [1.29, 1.82) is 0 Å². The van der Waals surface area contributed by atoms with E-state index in [2.05, 4.69) is 10.6 Å². The lowest BCUT2D eigenvalue weighted by Crippen LogP contribution is -2.70. The van der Waals surface area contributed by atoms with Crippen LogP contribution >= 0.6 is 0 Å². The van der Waals surface area contributed by atoms with Crippen molar-refractivity contribution in [3.05, 3.63) is 0 Å². The maximum Gasteiger partial charge on any atom is 0.217 e. The number of ether oxygens (including phenoxy) is 25. The number of aldehydes is 1. The summed E-state index contributed by atoms with van der Waals surface area (Å²) in [6.45, 7) is 11.7. The molecule has 0 aliphatic carbocycles. The van der Waals surface area contributed by atoms with E-state index < -0.39 is 375 Å². The highest BCUT2D eigenvalue weighted by Crippen LogP contribution is 2.43. The average Bonchev–Trinajstić information content (AvgIpc) is 0.762. The van der Waals surface area contributed by atoms with Crippen LogP contribution in [0.15, 0.2) is 0 Å². The number of rotatable bonds is 31. The summed E-state index contributed by atoms with van der Waals surface area (Å²) < 4.78 is 151. The van der Waals surface area contributed by atoms with E-state index in [-0.39, 0.29) is 6.29 Å². The molecular formula is C76H128N2O49. The Bertz CT molecular complexity index is 3420. The van der Waals surface area contributed by atoms with Crippen LogP contribution in [-0.2, 0) is 133 Å². The van der Waals surface area contributed by atoms with Crippen LogP contribution < -0.4 is 10.6 Å². The van der Waals surface area contributed by atoms with Gasteiger partial charge in [-0.15, -0.1) is 0 Å². The largest absolute Gasteiger partial charge is 0.394 e. The monoisotopic (exact) mass is 1850 g/mol. The fourth-order valence-electron chi connectivity index (χ4n) is 17.3. The Morgan fingerprint density at radius 1 is 0.268 bits per heavy atom. The lowest BCUT2D eigenvalue weighted by Gasteiger charge is -2.52. The van der Waals surface area contributed by atoms with Crippen molar-refractivity contribution in [3.63, 3.8) is 0 Å². The Kier molecular flexibility index (Phi) is 36.7. The van der Waals surface area contributed by atoms with Crippen molar-refractivity contribution in [2.24, 2.45) is 0 Å². The minimum atomic E-state index is -2.23. The van der Waals surface area contributed by atoms with Gasteiger partial charge in [0, 0.05) is 35.2 Å². The molecule has 0 aromatic rings. The van der Waals surface area contributed by atoms with Crippen LogP contribution in [0.25, 0.3) is 0 Å². The van der Waals surface area contributed by atoms with Crippen LogP contribution in [0, 0.1) is 0 Å². The number of amides is 2. The van der Waals surface area contributed by atoms with Crippen LogP contribution in [-0.4, -0.2) is 510 Å². The molecule has 0 aromatic carbocycles. The number of methoxy groups -OCH3 is 3. The van der Waals surface area contributed by atoms with Gasteiger partial charge in [0.05, 0.1) is 74.8 Å². The third-order valence-electron chi connectivity index (χ3n) is 24.8. The van der Waals surface area contributed by atoms with E-state index in [1.54, 1.807) is 0 Å². The Morgan fingerprint density at radius 3 is 0.787 bits per heavy atom. The van der Waals surface area contributed by atoms with Crippen molar-refractivity contribution in [2.75, 3.05) is 41.2 Å². The number of hydrogen-bond donors (Lipinski definition) is 23. The van der Waals surface area contributed by atoms with Gasteiger partial charge in [-0.3, -0.25) is 9.59 Å². The lowest BCUT2D eigenvalue weighted by atomic mass is 9.94.